The molecule has 0 aromatic rings. The maximum atomic E-state index is 12.2. The zero-order valence-corrected chi connectivity index (χ0v) is 13.0. The second-order valence-corrected chi connectivity index (χ2v) is 6.50. The molecule has 6 heteroatoms. The van der Waals surface area contributed by atoms with E-state index in [1.54, 1.807) is 0 Å². The predicted molar refractivity (Wildman–Crippen MR) is 80.1 cm³/mol. The Morgan fingerprint density at radius 2 is 1.86 bits per heavy atom. The van der Waals surface area contributed by atoms with Gasteiger partial charge in [0, 0.05) is 25.7 Å². The van der Waals surface area contributed by atoms with Crippen LogP contribution in [0, 0.1) is 11.8 Å². The molecule has 2 amide bonds. The van der Waals surface area contributed by atoms with Crippen molar-refractivity contribution in [1.82, 2.24) is 15.1 Å². The smallest absolute Gasteiger partial charge is 0.317 e. The fraction of sp³-hybridized carbons (Fsp3) is 0.867. The molecule has 1 saturated heterocycles. The molecule has 1 aliphatic carbocycles. The first-order chi connectivity index (χ1) is 9.99. The number of hydrogen-bond donors (Lipinski definition) is 2. The Kier molecular flexibility index (Phi) is 5.45. The minimum Gasteiger partial charge on any atom is -0.481 e. The fourth-order valence-electron chi connectivity index (χ4n) is 3.52. The molecule has 1 aliphatic heterocycles. The zero-order valence-electron chi connectivity index (χ0n) is 13.0. The number of nitrogens with zero attached hydrogens (tertiary/aromatic N) is 2. The van der Waals surface area contributed by atoms with Gasteiger partial charge in [-0.2, -0.15) is 0 Å². The Morgan fingerprint density at radius 3 is 2.43 bits per heavy atom. The van der Waals surface area contributed by atoms with E-state index in [1.165, 1.54) is 0 Å². The largest absolute Gasteiger partial charge is 0.481 e. The molecule has 2 atom stereocenters. The molecule has 2 N–H and O–H groups in total. The van der Waals surface area contributed by atoms with Crippen molar-refractivity contribution in [2.24, 2.45) is 11.8 Å². The van der Waals surface area contributed by atoms with Gasteiger partial charge in [-0.05, 0) is 45.7 Å². The number of aliphatic carboxylic acids is 1. The molecule has 0 radical (unpaired) electrons. The molecule has 0 aromatic heterocycles. The summed E-state index contributed by atoms with van der Waals surface area (Å²) >= 11 is 0. The number of rotatable bonds is 4. The number of amides is 2. The molecule has 0 aromatic carbocycles. The Labute approximate surface area is 126 Å². The highest BCUT2D eigenvalue weighted by atomic mass is 16.4. The lowest BCUT2D eigenvalue weighted by Crippen LogP contribution is -2.49. The number of hydrogen-bond acceptors (Lipinski definition) is 3. The number of carbonyl (C=O) groups excluding carboxylic acids is 1. The highest BCUT2D eigenvalue weighted by Crippen LogP contribution is 2.31. The van der Waals surface area contributed by atoms with Gasteiger partial charge in [0.25, 0.3) is 0 Å². The number of likely N-dealkylation sites (tertiary alicyclic amines) is 1. The average molecular weight is 297 g/mol. The van der Waals surface area contributed by atoms with E-state index in [2.05, 4.69) is 24.3 Å². The van der Waals surface area contributed by atoms with Crippen molar-refractivity contribution in [3.63, 3.8) is 0 Å². The van der Waals surface area contributed by atoms with Gasteiger partial charge in [0.2, 0.25) is 0 Å². The molecular formula is C15H27N3O3. The van der Waals surface area contributed by atoms with Crippen molar-refractivity contribution in [2.45, 2.75) is 38.1 Å². The number of urea groups is 1. The summed E-state index contributed by atoms with van der Waals surface area (Å²) in [6.45, 7) is 2.05. The van der Waals surface area contributed by atoms with E-state index in [1.807, 2.05) is 4.90 Å². The molecular weight excluding hydrogens is 270 g/mol. The van der Waals surface area contributed by atoms with Crippen molar-refractivity contribution in [2.75, 3.05) is 33.7 Å². The predicted octanol–water partition coefficient (Wildman–Crippen LogP) is 1.22. The molecule has 0 spiro atoms. The van der Waals surface area contributed by atoms with Crippen molar-refractivity contribution in [3.05, 3.63) is 0 Å². The van der Waals surface area contributed by atoms with E-state index >= 15 is 0 Å². The molecule has 1 saturated carbocycles. The van der Waals surface area contributed by atoms with Crippen LogP contribution < -0.4 is 5.32 Å². The van der Waals surface area contributed by atoms with Gasteiger partial charge in [0.15, 0.2) is 0 Å². The molecule has 2 unspecified atom stereocenters. The van der Waals surface area contributed by atoms with Gasteiger partial charge < -0.3 is 20.2 Å². The third-order valence-corrected chi connectivity index (χ3v) is 4.97. The van der Waals surface area contributed by atoms with Crippen LogP contribution in [-0.2, 0) is 4.79 Å². The van der Waals surface area contributed by atoms with E-state index in [4.69, 9.17) is 5.11 Å². The van der Waals surface area contributed by atoms with Gasteiger partial charge in [-0.15, -0.1) is 0 Å². The van der Waals surface area contributed by atoms with E-state index in [0.717, 1.165) is 45.2 Å². The molecule has 1 heterocycles. The number of carboxylic acid groups (broad SMARTS) is 1. The lowest BCUT2D eigenvalue weighted by molar-refractivity contribution is -0.142. The maximum Gasteiger partial charge on any atom is 0.317 e. The second kappa shape index (κ2) is 7.11. The van der Waals surface area contributed by atoms with Crippen molar-refractivity contribution in [3.8, 4) is 0 Å². The Balaban J connectivity index is 1.74. The monoisotopic (exact) mass is 297 g/mol. The summed E-state index contributed by atoms with van der Waals surface area (Å²) in [7, 11) is 4.15. The first-order valence-electron chi connectivity index (χ1n) is 7.91. The first kappa shape index (κ1) is 16.1. The number of piperidine rings is 1. The summed E-state index contributed by atoms with van der Waals surface area (Å²) in [6, 6.07) is 0.517. The van der Waals surface area contributed by atoms with Gasteiger partial charge in [0.05, 0.1) is 5.92 Å². The number of carbonyl (C=O) groups is 2. The quantitative estimate of drug-likeness (QED) is 0.818. The summed E-state index contributed by atoms with van der Waals surface area (Å²) < 4.78 is 0. The highest BCUT2D eigenvalue weighted by Gasteiger charge is 2.33. The second-order valence-electron chi connectivity index (χ2n) is 6.50. The summed E-state index contributed by atoms with van der Waals surface area (Å²) in [5.41, 5.74) is 0. The molecule has 21 heavy (non-hydrogen) atoms. The van der Waals surface area contributed by atoms with Crippen LogP contribution in [0.1, 0.15) is 32.1 Å². The Hall–Kier alpha value is -1.30. The van der Waals surface area contributed by atoms with Crippen LogP contribution in [0.3, 0.4) is 0 Å². The molecule has 2 fully saturated rings. The van der Waals surface area contributed by atoms with Crippen LogP contribution >= 0.6 is 0 Å². The minimum absolute atomic E-state index is 0.0387. The van der Waals surface area contributed by atoms with Gasteiger partial charge >= 0.3 is 12.0 Å². The van der Waals surface area contributed by atoms with Gasteiger partial charge in [0.1, 0.15) is 0 Å². The van der Waals surface area contributed by atoms with Crippen LogP contribution in [0.15, 0.2) is 0 Å². The standard InChI is InChI=1S/C15H27N3O3/c1-17(2)12-6-8-18(9-7-12)15(21)16-10-11-4-3-5-13(11)14(19)20/h11-13H,3-10H2,1-2H3,(H,16,21)(H,19,20). The summed E-state index contributed by atoms with van der Waals surface area (Å²) in [4.78, 5) is 27.4. The lowest BCUT2D eigenvalue weighted by atomic mass is 9.96. The van der Waals surface area contributed by atoms with E-state index in [0.29, 0.717) is 12.6 Å². The molecule has 120 valence electrons. The third kappa shape index (κ3) is 4.09. The molecule has 0 bridgehead atoms. The van der Waals surface area contributed by atoms with E-state index in [-0.39, 0.29) is 17.9 Å². The topological polar surface area (TPSA) is 72.9 Å². The average Bonchev–Trinajstić information content (AvgIpc) is 2.93. The molecule has 2 aliphatic rings. The molecule has 6 nitrogen and oxygen atoms in total. The number of nitrogens with one attached hydrogen (secondary N) is 1. The van der Waals surface area contributed by atoms with Crippen molar-refractivity contribution < 1.29 is 14.7 Å². The van der Waals surface area contributed by atoms with Gasteiger partial charge in [-0.1, -0.05) is 6.42 Å². The van der Waals surface area contributed by atoms with Crippen LogP contribution in [0.4, 0.5) is 4.79 Å². The summed E-state index contributed by atoms with van der Waals surface area (Å²) in [6.07, 6.45) is 4.60. The summed E-state index contributed by atoms with van der Waals surface area (Å²) in [5, 5.41) is 12.1. The number of carboxylic acids is 1. The van der Waals surface area contributed by atoms with Crippen molar-refractivity contribution in [1.29, 1.82) is 0 Å². The fourth-order valence-corrected chi connectivity index (χ4v) is 3.52. The highest BCUT2D eigenvalue weighted by molar-refractivity contribution is 5.74. The van der Waals surface area contributed by atoms with Gasteiger partial charge in [-0.25, -0.2) is 4.79 Å². The minimum atomic E-state index is -0.724. The Morgan fingerprint density at radius 1 is 1.19 bits per heavy atom. The van der Waals surface area contributed by atoms with Crippen LogP contribution in [0.25, 0.3) is 0 Å². The van der Waals surface area contributed by atoms with Crippen molar-refractivity contribution >= 4 is 12.0 Å². The molecule has 2 rings (SSSR count). The SMILES string of the molecule is CN(C)C1CCN(C(=O)NCC2CCCC2C(=O)O)CC1. The van der Waals surface area contributed by atoms with Crippen LogP contribution in [-0.4, -0.2) is 66.7 Å². The first-order valence-corrected chi connectivity index (χ1v) is 7.91. The third-order valence-electron chi connectivity index (χ3n) is 4.97. The van der Waals surface area contributed by atoms with Gasteiger partial charge in [-0.3, -0.25) is 4.79 Å². The van der Waals surface area contributed by atoms with Crippen LogP contribution in [0.2, 0.25) is 0 Å². The van der Waals surface area contributed by atoms with Crippen LogP contribution in [0.5, 0.6) is 0 Å². The lowest BCUT2D eigenvalue weighted by Gasteiger charge is -2.35. The summed E-state index contributed by atoms with van der Waals surface area (Å²) in [5.74, 6) is -0.922. The Bertz CT molecular complexity index is 378. The van der Waals surface area contributed by atoms with E-state index in [9.17, 15) is 9.59 Å². The zero-order chi connectivity index (χ0) is 15.4. The normalized spacial score (nSPS) is 27.1. The maximum absolute atomic E-state index is 12.2. The van der Waals surface area contributed by atoms with E-state index < -0.39 is 5.97 Å².